The fraction of sp³-hybridized carbons (Fsp3) is 0.300. The number of halogens is 1. The normalized spacial score (nSPS) is 11.4. The Morgan fingerprint density at radius 3 is 2.43 bits per heavy atom. The van der Waals surface area contributed by atoms with E-state index in [2.05, 4.69) is 6.92 Å². The molecule has 0 bridgehead atoms. The zero-order chi connectivity index (χ0) is 10.9. The van der Waals surface area contributed by atoms with Gasteiger partial charge in [-0.2, -0.15) is 0 Å². The lowest BCUT2D eigenvalue weighted by Crippen LogP contribution is -2.12. The van der Waals surface area contributed by atoms with Gasteiger partial charge in [0.15, 0.2) is 0 Å². The van der Waals surface area contributed by atoms with Gasteiger partial charge in [0, 0.05) is 12.1 Å². The van der Waals surface area contributed by atoms with Crippen LogP contribution in [0.5, 0.6) is 0 Å². The van der Waals surface area contributed by atoms with Crippen molar-refractivity contribution in [2.24, 2.45) is 0 Å². The highest BCUT2D eigenvalue weighted by molar-refractivity contribution is 6.31. The average Bonchev–Trinajstić information content (AvgIpc) is 2.01. The minimum absolute atomic E-state index is 0.00278. The first-order chi connectivity index (χ1) is 6.32. The van der Waals surface area contributed by atoms with E-state index in [0.29, 0.717) is 5.02 Å². The Labute approximate surface area is 87.8 Å². The molecule has 0 atom stereocenters. The number of nitro benzene ring substituents is 1. The van der Waals surface area contributed by atoms with Gasteiger partial charge in [0.05, 0.1) is 9.95 Å². The molecule has 0 spiro atoms. The topological polar surface area (TPSA) is 43.1 Å². The molecule has 0 aliphatic carbocycles. The predicted octanol–water partition coefficient (Wildman–Crippen LogP) is 3.36. The second-order valence-corrected chi connectivity index (χ2v) is 4.21. The SMILES string of the molecule is [CH2]C(C)(C)c1ccc([N+](=O)[O-])cc1Cl. The standard InChI is InChI=1S/C10H11ClNO2/c1-10(2,3)8-5-4-7(12(13)14)6-9(8)11/h4-6H,1H2,2-3H3. The van der Waals surface area contributed by atoms with Gasteiger partial charge in [-0.15, -0.1) is 0 Å². The Balaban J connectivity index is 3.21. The number of hydrogen-bond donors (Lipinski definition) is 0. The molecule has 0 aliphatic rings. The summed E-state index contributed by atoms with van der Waals surface area (Å²) in [6.07, 6.45) is 0. The summed E-state index contributed by atoms with van der Waals surface area (Å²) in [4.78, 5) is 9.98. The molecular formula is C10H11ClNO2. The zero-order valence-corrected chi connectivity index (χ0v) is 8.84. The van der Waals surface area contributed by atoms with Crippen molar-refractivity contribution < 1.29 is 4.92 Å². The van der Waals surface area contributed by atoms with Crippen molar-refractivity contribution in [1.82, 2.24) is 0 Å². The molecule has 3 nitrogen and oxygen atoms in total. The van der Waals surface area contributed by atoms with E-state index in [1.165, 1.54) is 12.1 Å². The van der Waals surface area contributed by atoms with Crippen LogP contribution in [0.3, 0.4) is 0 Å². The lowest BCUT2D eigenvalue weighted by atomic mass is 9.87. The lowest BCUT2D eigenvalue weighted by Gasteiger charge is -2.19. The molecule has 4 heteroatoms. The van der Waals surface area contributed by atoms with Gasteiger partial charge in [0.25, 0.3) is 5.69 Å². The van der Waals surface area contributed by atoms with Gasteiger partial charge in [-0.3, -0.25) is 10.1 Å². The van der Waals surface area contributed by atoms with Crippen LogP contribution in [0.25, 0.3) is 0 Å². The molecule has 1 aromatic rings. The predicted molar refractivity (Wildman–Crippen MR) is 56.5 cm³/mol. The average molecular weight is 213 g/mol. The van der Waals surface area contributed by atoms with E-state index >= 15 is 0 Å². The number of nitrogens with zero attached hydrogens (tertiary/aromatic N) is 1. The molecule has 75 valence electrons. The molecule has 0 N–H and O–H groups in total. The molecule has 1 rings (SSSR count). The molecule has 1 aromatic carbocycles. The van der Waals surface area contributed by atoms with Crippen LogP contribution in [0.15, 0.2) is 18.2 Å². The van der Waals surface area contributed by atoms with Crippen LogP contribution >= 0.6 is 11.6 Å². The van der Waals surface area contributed by atoms with E-state index < -0.39 is 4.92 Å². The lowest BCUT2D eigenvalue weighted by molar-refractivity contribution is -0.384. The van der Waals surface area contributed by atoms with Gasteiger partial charge in [-0.1, -0.05) is 31.5 Å². The summed E-state index contributed by atoms with van der Waals surface area (Å²) in [7, 11) is 0. The smallest absolute Gasteiger partial charge is 0.258 e. The monoisotopic (exact) mass is 212 g/mol. The maximum Gasteiger partial charge on any atom is 0.270 e. The molecule has 0 heterocycles. The van der Waals surface area contributed by atoms with Gasteiger partial charge < -0.3 is 0 Å². The number of benzene rings is 1. The van der Waals surface area contributed by atoms with Crippen molar-refractivity contribution in [3.8, 4) is 0 Å². The summed E-state index contributed by atoms with van der Waals surface area (Å²) in [6.45, 7) is 7.73. The Morgan fingerprint density at radius 2 is 2.07 bits per heavy atom. The third-order valence-electron chi connectivity index (χ3n) is 1.89. The van der Waals surface area contributed by atoms with Crippen LogP contribution in [-0.4, -0.2) is 4.92 Å². The second-order valence-electron chi connectivity index (χ2n) is 3.81. The molecule has 14 heavy (non-hydrogen) atoms. The molecule has 0 saturated heterocycles. The van der Waals surface area contributed by atoms with Gasteiger partial charge in [0.2, 0.25) is 0 Å². The molecule has 1 radical (unpaired) electrons. The first kappa shape index (κ1) is 11.0. The van der Waals surface area contributed by atoms with Gasteiger partial charge in [0.1, 0.15) is 0 Å². The summed E-state index contributed by atoms with van der Waals surface area (Å²) < 4.78 is 0. The number of nitro groups is 1. The summed E-state index contributed by atoms with van der Waals surface area (Å²) in [5.41, 5.74) is 0.472. The van der Waals surface area contributed by atoms with Crippen molar-refractivity contribution in [2.75, 3.05) is 0 Å². The van der Waals surface area contributed by atoms with Crippen molar-refractivity contribution in [3.05, 3.63) is 45.8 Å². The highest BCUT2D eigenvalue weighted by atomic mass is 35.5. The summed E-state index contributed by atoms with van der Waals surface area (Å²) >= 11 is 5.91. The van der Waals surface area contributed by atoms with Crippen LogP contribution in [-0.2, 0) is 5.41 Å². The zero-order valence-electron chi connectivity index (χ0n) is 8.08. The van der Waals surface area contributed by atoms with Crippen molar-refractivity contribution in [3.63, 3.8) is 0 Å². The van der Waals surface area contributed by atoms with Crippen LogP contribution in [0.2, 0.25) is 5.02 Å². The molecule has 0 aliphatic heterocycles. The van der Waals surface area contributed by atoms with Crippen LogP contribution < -0.4 is 0 Å². The van der Waals surface area contributed by atoms with E-state index in [-0.39, 0.29) is 11.1 Å². The van der Waals surface area contributed by atoms with Gasteiger partial charge in [-0.05, 0) is 17.9 Å². The van der Waals surface area contributed by atoms with E-state index in [9.17, 15) is 10.1 Å². The van der Waals surface area contributed by atoms with Crippen molar-refractivity contribution in [1.29, 1.82) is 0 Å². The first-order valence-electron chi connectivity index (χ1n) is 4.12. The minimum Gasteiger partial charge on any atom is -0.258 e. The molecule has 0 amide bonds. The maximum atomic E-state index is 10.4. The largest absolute Gasteiger partial charge is 0.270 e. The number of rotatable bonds is 2. The Kier molecular flexibility index (Phi) is 2.81. The highest BCUT2D eigenvalue weighted by Crippen LogP contribution is 2.31. The molecule has 0 saturated carbocycles. The first-order valence-corrected chi connectivity index (χ1v) is 4.50. The van der Waals surface area contributed by atoms with E-state index in [4.69, 9.17) is 11.6 Å². The van der Waals surface area contributed by atoms with Gasteiger partial charge in [-0.25, -0.2) is 0 Å². The van der Waals surface area contributed by atoms with Gasteiger partial charge >= 0.3 is 0 Å². The fourth-order valence-electron chi connectivity index (χ4n) is 1.17. The molecule has 0 unspecified atom stereocenters. The summed E-state index contributed by atoms with van der Waals surface area (Å²) in [5, 5.41) is 10.8. The maximum absolute atomic E-state index is 10.4. The van der Waals surface area contributed by atoms with Crippen LogP contribution in [0.1, 0.15) is 19.4 Å². The van der Waals surface area contributed by atoms with E-state index in [1.807, 2.05) is 13.8 Å². The minimum atomic E-state index is -0.467. The molecular weight excluding hydrogens is 202 g/mol. The van der Waals surface area contributed by atoms with Crippen LogP contribution in [0.4, 0.5) is 5.69 Å². The summed E-state index contributed by atoms with van der Waals surface area (Å²) in [5.74, 6) is 0. The molecule has 0 fully saturated rings. The Bertz CT molecular complexity index is 369. The van der Waals surface area contributed by atoms with Crippen LogP contribution in [0, 0.1) is 17.0 Å². The third-order valence-corrected chi connectivity index (χ3v) is 2.21. The highest BCUT2D eigenvalue weighted by Gasteiger charge is 2.19. The van der Waals surface area contributed by atoms with E-state index in [1.54, 1.807) is 6.07 Å². The number of hydrogen-bond acceptors (Lipinski definition) is 2. The van der Waals surface area contributed by atoms with Crippen molar-refractivity contribution >= 4 is 17.3 Å². The quantitative estimate of drug-likeness (QED) is 0.557. The fourth-order valence-corrected chi connectivity index (χ4v) is 1.60. The summed E-state index contributed by atoms with van der Waals surface area (Å²) in [6, 6.07) is 4.44. The second kappa shape index (κ2) is 3.58. The third kappa shape index (κ3) is 2.23. The Hall–Kier alpha value is -1.09. The Morgan fingerprint density at radius 1 is 1.50 bits per heavy atom. The number of non-ortho nitro benzene ring substituents is 1. The van der Waals surface area contributed by atoms with E-state index in [0.717, 1.165) is 5.56 Å². The molecule has 0 aromatic heterocycles. The van der Waals surface area contributed by atoms with Crippen molar-refractivity contribution in [2.45, 2.75) is 19.3 Å².